The number of nitrogens with one attached hydrogen (secondary N) is 1. The number of hydrogen-bond acceptors (Lipinski definition) is 6. The third-order valence-corrected chi connectivity index (χ3v) is 3.20. The Balaban J connectivity index is 2.82. The highest BCUT2D eigenvalue weighted by Gasteiger charge is 2.42. The molecule has 0 spiro atoms. The number of alkyl halides is 3. The molecule has 0 saturated carbocycles. The minimum absolute atomic E-state index is 0.164. The number of para-hydroxylation sites is 1. The maximum Gasteiger partial charge on any atom is 0.471 e. The van der Waals surface area contributed by atoms with E-state index < -0.39 is 48.8 Å². The average Bonchev–Trinajstić information content (AvgIpc) is 2.57. The van der Waals surface area contributed by atoms with Crippen LogP contribution in [0.3, 0.4) is 0 Å². The van der Waals surface area contributed by atoms with Gasteiger partial charge in [0.05, 0.1) is 11.7 Å². The van der Waals surface area contributed by atoms with Crippen LogP contribution >= 0.6 is 0 Å². The van der Waals surface area contributed by atoms with Gasteiger partial charge in [0.1, 0.15) is 30.1 Å². The van der Waals surface area contributed by atoms with Crippen molar-refractivity contribution in [2.24, 2.45) is 0 Å². The smallest absolute Gasteiger partial charge is 0.471 e. The Morgan fingerprint density at radius 2 is 1.86 bits per heavy atom. The summed E-state index contributed by atoms with van der Waals surface area (Å²) in [7, 11) is 0. The number of amides is 1. The maximum atomic E-state index is 12.5. The van der Waals surface area contributed by atoms with Crippen molar-refractivity contribution in [3.05, 3.63) is 29.8 Å². The first-order chi connectivity index (χ1) is 12.8. The van der Waals surface area contributed by atoms with Crippen molar-refractivity contribution >= 4 is 11.9 Å². The molecule has 28 heavy (non-hydrogen) atoms. The second-order valence-electron chi connectivity index (χ2n) is 6.87. The molecule has 0 radical (unpaired) electrons. The van der Waals surface area contributed by atoms with E-state index in [2.05, 4.69) is 0 Å². The summed E-state index contributed by atoms with van der Waals surface area (Å²) in [5.74, 6) is -3.29. The van der Waals surface area contributed by atoms with Crippen LogP contribution in [0, 0.1) is 11.3 Å². The molecule has 154 valence electrons. The number of benzene rings is 1. The Hall–Kier alpha value is -2.80. The fourth-order valence-corrected chi connectivity index (χ4v) is 2.04. The first-order valence-electron chi connectivity index (χ1n) is 8.24. The van der Waals surface area contributed by atoms with Gasteiger partial charge < -0.3 is 19.9 Å². The first kappa shape index (κ1) is 23.2. The van der Waals surface area contributed by atoms with Crippen LogP contribution in [0.5, 0.6) is 5.75 Å². The number of aliphatic hydroxyl groups is 1. The van der Waals surface area contributed by atoms with Crippen molar-refractivity contribution in [1.82, 2.24) is 5.32 Å². The fraction of sp³-hybridized carbons (Fsp3) is 0.500. The van der Waals surface area contributed by atoms with Gasteiger partial charge in [-0.15, -0.1) is 0 Å². The Labute approximate surface area is 160 Å². The van der Waals surface area contributed by atoms with Crippen LogP contribution < -0.4 is 10.1 Å². The maximum absolute atomic E-state index is 12.5. The van der Waals surface area contributed by atoms with E-state index in [4.69, 9.17) is 14.7 Å². The zero-order valence-corrected chi connectivity index (χ0v) is 15.5. The quantitative estimate of drug-likeness (QED) is 0.676. The molecule has 2 unspecified atom stereocenters. The minimum atomic E-state index is -5.20. The van der Waals surface area contributed by atoms with E-state index in [0.29, 0.717) is 0 Å². The number of nitriles is 1. The van der Waals surface area contributed by atoms with Crippen molar-refractivity contribution in [2.75, 3.05) is 6.61 Å². The van der Waals surface area contributed by atoms with Crippen LogP contribution in [0.2, 0.25) is 0 Å². The summed E-state index contributed by atoms with van der Waals surface area (Å²) in [6.45, 7) is 4.10. The SMILES string of the molecule is CC(C)(C)OC(=O)C(CC(O)COc1ccccc1C#N)NC(=O)C(F)(F)F. The molecular formula is C18H21F3N2O5. The zero-order chi connectivity index (χ0) is 21.5. The summed E-state index contributed by atoms with van der Waals surface area (Å²) in [6, 6.07) is 6.30. The minimum Gasteiger partial charge on any atom is -0.490 e. The molecule has 2 N–H and O–H groups in total. The molecule has 0 aliphatic heterocycles. The molecular weight excluding hydrogens is 381 g/mol. The van der Waals surface area contributed by atoms with Gasteiger partial charge in [-0.1, -0.05) is 12.1 Å². The third-order valence-electron chi connectivity index (χ3n) is 3.20. The lowest BCUT2D eigenvalue weighted by Gasteiger charge is -2.26. The van der Waals surface area contributed by atoms with Crippen LogP contribution in [-0.4, -0.2) is 47.5 Å². The second kappa shape index (κ2) is 9.41. The highest BCUT2D eigenvalue weighted by molar-refractivity contribution is 5.87. The molecule has 1 rings (SSSR count). The van der Waals surface area contributed by atoms with E-state index in [1.165, 1.54) is 38.2 Å². The molecule has 0 fully saturated rings. The van der Waals surface area contributed by atoms with Gasteiger partial charge in [0, 0.05) is 6.42 Å². The Morgan fingerprint density at radius 1 is 1.25 bits per heavy atom. The zero-order valence-electron chi connectivity index (χ0n) is 15.5. The van der Waals surface area contributed by atoms with Crippen LogP contribution in [0.25, 0.3) is 0 Å². The van der Waals surface area contributed by atoms with E-state index in [-0.39, 0.29) is 11.3 Å². The predicted octanol–water partition coefficient (Wildman–Crippen LogP) is 2.08. The first-order valence-corrected chi connectivity index (χ1v) is 8.24. The Morgan fingerprint density at radius 3 is 2.39 bits per heavy atom. The van der Waals surface area contributed by atoms with Crippen molar-refractivity contribution in [1.29, 1.82) is 5.26 Å². The normalized spacial score (nSPS) is 13.8. The number of aliphatic hydroxyl groups excluding tert-OH is 1. The molecule has 0 bridgehead atoms. The second-order valence-corrected chi connectivity index (χ2v) is 6.87. The number of rotatable bonds is 7. The summed E-state index contributed by atoms with van der Waals surface area (Å²) < 4.78 is 47.8. The van der Waals surface area contributed by atoms with Crippen LogP contribution in [-0.2, 0) is 14.3 Å². The van der Waals surface area contributed by atoms with Crippen LogP contribution in [0.4, 0.5) is 13.2 Å². The van der Waals surface area contributed by atoms with Gasteiger partial charge in [0.15, 0.2) is 0 Å². The van der Waals surface area contributed by atoms with E-state index in [0.717, 1.165) is 0 Å². The van der Waals surface area contributed by atoms with Crippen molar-refractivity contribution in [2.45, 2.75) is 51.1 Å². The van der Waals surface area contributed by atoms with Crippen molar-refractivity contribution in [3.63, 3.8) is 0 Å². The molecule has 7 nitrogen and oxygen atoms in total. The third kappa shape index (κ3) is 7.84. The molecule has 0 aliphatic carbocycles. The molecule has 0 heterocycles. The van der Waals surface area contributed by atoms with Crippen molar-refractivity contribution < 1.29 is 37.3 Å². The molecule has 2 atom stereocenters. The molecule has 0 aromatic heterocycles. The monoisotopic (exact) mass is 402 g/mol. The predicted molar refractivity (Wildman–Crippen MR) is 91.1 cm³/mol. The summed E-state index contributed by atoms with van der Waals surface area (Å²) >= 11 is 0. The van der Waals surface area contributed by atoms with E-state index in [9.17, 15) is 27.9 Å². The van der Waals surface area contributed by atoms with Gasteiger partial charge in [0.2, 0.25) is 0 Å². The van der Waals surface area contributed by atoms with Gasteiger partial charge in [0.25, 0.3) is 0 Å². The van der Waals surface area contributed by atoms with Crippen molar-refractivity contribution in [3.8, 4) is 11.8 Å². The number of esters is 1. The van der Waals surface area contributed by atoms with Gasteiger partial charge in [-0.2, -0.15) is 18.4 Å². The number of nitrogens with zero attached hydrogens (tertiary/aromatic N) is 1. The van der Waals surface area contributed by atoms with Gasteiger partial charge in [-0.05, 0) is 32.9 Å². The summed E-state index contributed by atoms with van der Waals surface area (Å²) in [5, 5.41) is 20.6. The number of halogens is 3. The number of carbonyl (C=O) groups is 2. The lowest BCUT2D eigenvalue weighted by Crippen LogP contribution is -2.50. The Bertz CT molecular complexity index is 738. The molecule has 1 aromatic carbocycles. The molecule has 1 amide bonds. The summed E-state index contributed by atoms with van der Waals surface area (Å²) in [5.41, 5.74) is -0.811. The van der Waals surface area contributed by atoms with E-state index in [1.807, 2.05) is 6.07 Å². The molecule has 1 aromatic rings. The number of ether oxygens (including phenoxy) is 2. The average molecular weight is 402 g/mol. The van der Waals surface area contributed by atoms with Crippen LogP contribution in [0.1, 0.15) is 32.8 Å². The van der Waals surface area contributed by atoms with Gasteiger partial charge >= 0.3 is 18.1 Å². The summed E-state index contributed by atoms with van der Waals surface area (Å²) in [4.78, 5) is 23.3. The van der Waals surface area contributed by atoms with Gasteiger partial charge in [-0.25, -0.2) is 4.79 Å². The highest BCUT2D eigenvalue weighted by Crippen LogP contribution is 2.19. The van der Waals surface area contributed by atoms with Gasteiger partial charge in [-0.3, -0.25) is 4.79 Å². The number of carbonyl (C=O) groups excluding carboxylic acids is 2. The lowest BCUT2D eigenvalue weighted by atomic mass is 10.1. The molecule has 0 saturated heterocycles. The van der Waals surface area contributed by atoms with Crippen LogP contribution in [0.15, 0.2) is 24.3 Å². The fourth-order valence-electron chi connectivity index (χ4n) is 2.04. The lowest BCUT2D eigenvalue weighted by molar-refractivity contribution is -0.177. The molecule has 0 aliphatic rings. The molecule has 10 heteroatoms. The van der Waals surface area contributed by atoms with E-state index >= 15 is 0 Å². The standard InChI is InChI=1S/C18H21F3N2O5/c1-17(2,3)28-15(25)13(23-16(26)18(19,20)21)8-12(24)10-27-14-7-5-4-6-11(14)9-22/h4-7,12-13,24H,8,10H2,1-3H3,(H,23,26). The van der Waals surface area contributed by atoms with E-state index in [1.54, 1.807) is 12.1 Å². The Kier molecular flexibility index (Phi) is 7.81. The highest BCUT2D eigenvalue weighted by atomic mass is 19.4. The largest absolute Gasteiger partial charge is 0.490 e. The number of hydrogen-bond donors (Lipinski definition) is 2. The topological polar surface area (TPSA) is 109 Å². The summed E-state index contributed by atoms with van der Waals surface area (Å²) in [6.07, 6.45) is -7.20.